The van der Waals surface area contributed by atoms with Gasteiger partial charge in [-0.3, -0.25) is 0 Å². The molecule has 2 heterocycles. The molecule has 0 saturated carbocycles. The molecule has 0 radical (unpaired) electrons. The highest BCUT2D eigenvalue weighted by atomic mass is 19.1. The number of halogens is 1. The topological polar surface area (TPSA) is 88.0 Å². The van der Waals surface area contributed by atoms with Crippen LogP contribution >= 0.6 is 0 Å². The van der Waals surface area contributed by atoms with Crippen molar-refractivity contribution in [3.8, 4) is 11.4 Å². The smallest absolute Gasteiger partial charge is 0.319 e. The SMILES string of the molecule is CC(C)c1cc(NC(=O)NCCCN2CCC[C@@H](Cc3ccc(F)cc3)C2)cc(-c2nnnn2C)c1. The van der Waals surface area contributed by atoms with E-state index < -0.39 is 0 Å². The van der Waals surface area contributed by atoms with Gasteiger partial charge in [0.1, 0.15) is 5.82 Å². The van der Waals surface area contributed by atoms with Crippen LogP contribution in [0, 0.1) is 11.7 Å². The standard InChI is InChI=1S/C27H36FN7O/c1-19(2)22-15-23(26-31-32-33-34(26)3)17-25(16-22)30-27(36)29-11-5-13-35-12-4-6-21(18-35)14-20-7-9-24(28)10-8-20/h7-10,15-17,19,21H,4-6,11-14,18H2,1-3H3,(H2,29,30,36)/t21-/m0/s1. The van der Waals surface area contributed by atoms with Gasteiger partial charge in [-0.2, -0.15) is 0 Å². The molecule has 0 bridgehead atoms. The van der Waals surface area contributed by atoms with Crippen molar-refractivity contribution in [2.45, 2.75) is 45.4 Å². The minimum Gasteiger partial charge on any atom is -0.338 e. The number of urea groups is 1. The Balaban J connectivity index is 1.24. The summed E-state index contributed by atoms with van der Waals surface area (Å²) >= 11 is 0. The average Bonchev–Trinajstić information content (AvgIpc) is 3.29. The molecule has 1 aliphatic rings. The number of aryl methyl sites for hydroxylation is 1. The van der Waals surface area contributed by atoms with Crippen LogP contribution in [-0.2, 0) is 13.5 Å². The van der Waals surface area contributed by atoms with E-state index in [-0.39, 0.29) is 11.8 Å². The molecule has 1 aliphatic heterocycles. The molecule has 2 N–H and O–H groups in total. The Hall–Kier alpha value is -3.33. The van der Waals surface area contributed by atoms with Gasteiger partial charge in [0.25, 0.3) is 0 Å². The number of tetrazole rings is 1. The van der Waals surface area contributed by atoms with Gasteiger partial charge in [-0.25, -0.2) is 13.9 Å². The first-order valence-electron chi connectivity index (χ1n) is 12.8. The maximum absolute atomic E-state index is 13.2. The zero-order chi connectivity index (χ0) is 25.5. The van der Waals surface area contributed by atoms with Crippen LogP contribution in [0.3, 0.4) is 0 Å². The molecule has 1 fully saturated rings. The van der Waals surface area contributed by atoms with Crippen molar-refractivity contribution in [3.05, 3.63) is 59.4 Å². The number of piperidine rings is 1. The Morgan fingerprint density at radius 3 is 2.72 bits per heavy atom. The first-order chi connectivity index (χ1) is 17.4. The Morgan fingerprint density at radius 1 is 1.19 bits per heavy atom. The van der Waals surface area contributed by atoms with Gasteiger partial charge in [-0.15, -0.1) is 5.10 Å². The molecule has 2 aromatic carbocycles. The number of nitrogens with one attached hydrogen (secondary N) is 2. The zero-order valence-electron chi connectivity index (χ0n) is 21.4. The minimum absolute atomic E-state index is 0.184. The van der Waals surface area contributed by atoms with Gasteiger partial charge < -0.3 is 15.5 Å². The summed E-state index contributed by atoms with van der Waals surface area (Å²) in [6, 6.07) is 12.6. The van der Waals surface area contributed by atoms with Crippen molar-refractivity contribution in [1.82, 2.24) is 30.4 Å². The van der Waals surface area contributed by atoms with Crippen molar-refractivity contribution in [2.75, 3.05) is 31.5 Å². The van der Waals surface area contributed by atoms with Crippen LogP contribution < -0.4 is 10.6 Å². The van der Waals surface area contributed by atoms with E-state index >= 15 is 0 Å². The predicted octanol–water partition coefficient (Wildman–Crippen LogP) is 4.61. The molecule has 2 amide bonds. The fraction of sp³-hybridized carbons (Fsp3) is 0.481. The lowest BCUT2D eigenvalue weighted by atomic mass is 9.91. The number of nitrogens with zero attached hydrogens (tertiary/aromatic N) is 5. The lowest BCUT2D eigenvalue weighted by Crippen LogP contribution is -2.38. The lowest BCUT2D eigenvalue weighted by Gasteiger charge is -2.32. The molecule has 36 heavy (non-hydrogen) atoms. The molecule has 1 aromatic heterocycles. The molecule has 192 valence electrons. The molecule has 1 atom stereocenters. The second kappa shape index (κ2) is 12.1. The van der Waals surface area contributed by atoms with E-state index in [0.29, 0.717) is 24.2 Å². The molecule has 8 nitrogen and oxygen atoms in total. The molecule has 0 aliphatic carbocycles. The van der Waals surface area contributed by atoms with Gasteiger partial charge in [-0.05, 0) is 102 Å². The highest BCUT2D eigenvalue weighted by Crippen LogP contribution is 2.27. The second-order valence-corrected chi connectivity index (χ2v) is 10.00. The van der Waals surface area contributed by atoms with E-state index in [4.69, 9.17) is 0 Å². The largest absolute Gasteiger partial charge is 0.338 e. The molecule has 0 spiro atoms. The molecular weight excluding hydrogens is 457 g/mol. The predicted molar refractivity (Wildman–Crippen MR) is 139 cm³/mol. The maximum atomic E-state index is 13.2. The Bertz CT molecular complexity index is 1150. The average molecular weight is 494 g/mol. The van der Waals surface area contributed by atoms with Gasteiger partial charge in [0.15, 0.2) is 5.82 Å². The summed E-state index contributed by atoms with van der Waals surface area (Å²) in [6.45, 7) is 7.92. The first-order valence-corrected chi connectivity index (χ1v) is 12.8. The fourth-order valence-corrected chi connectivity index (χ4v) is 4.81. The second-order valence-electron chi connectivity index (χ2n) is 10.00. The number of carbonyl (C=O) groups excluding carboxylic acids is 1. The molecule has 3 aromatic rings. The van der Waals surface area contributed by atoms with Gasteiger partial charge in [0.05, 0.1) is 0 Å². The van der Waals surface area contributed by atoms with E-state index in [2.05, 4.69) is 51.0 Å². The summed E-state index contributed by atoms with van der Waals surface area (Å²) in [5, 5.41) is 17.7. The zero-order valence-corrected chi connectivity index (χ0v) is 21.4. The number of rotatable bonds is 9. The van der Waals surface area contributed by atoms with Crippen molar-refractivity contribution >= 4 is 11.7 Å². The molecule has 9 heteroatoms. The van der Waals surface area contributed by atoms with E-state index in [9.17, 15) is 9.18 Å². The van der Waals surface area contributed by atoms with Crippen LogP contribution in [0.1, 0.15) is 50.2 Å². The van der Waals surface area contributed by atoms with Gasteiger partial charge in [-0.1, -0.05) is 26.0 Å². The van der Waals surface area contributed by atoms with Gasteiger partial charge in [0, 0.05) is 31.4 Å². The summed E-state index contributed by atoms with van der Waals surface area (Å²) in [5.41, 5.74) is 3.88. The van der Waals surface area contributed by atoms with E-state index in [0.717, 1.165) is 49.3 Å². The van der Waals surface area contributed by atoms with Crippen molar-refractivity contribution < 1.29 is 9.18 Å². The third kappa shape index (κ3) is 7.10. The molecule has 0 unspecified atom stereocenters. The monoisotopic (exact) mass is 493 g/mol. The number of hydrogen-bond acceptors (Lipinski definition) is 5. The fourth-order valence-electron chi connectivity index (χ4n) is 4.81. The molecule has 1 saturated heterocycles. The summed E-state index contributed by atoms with van der Waals surface area (Å²) in [5.74, 6) is 1.36. The van der Waals surface area contributed by atoms with Gasteiger partial charge in [0.2, 0.25) is 0 Å². The Kier molecular flexibility index (Phi) is 8.64. The van der Waals surface area contributed by atoms with Crippen LogP contribution in [0.25, 0.3) is 11.4 Å². The van der Waals surface area contributed by atoms with Crippen LogP contribution in [0.15, 0.2) is 42.5 Å². The minimum atomic E-state index is -0.217. The highest BCUT2D eigenvalue weighted by molar-refractivity contribution is 5.90. The number of benzene rings is 2. The van der Waals surface area contributed by atoms with Crippen LogP contribution in [-0.4, -0.2) is 57.3 Å². The number of amides is 2. The Morgan fingerprint density at radius 2 is 2.00 bits per heavy atom. The third-order valence-corrected chi connectivity index (χ3v) is 6.74. The summed E-state index contributed by atoms with van der Waals surface area (Å²) in [7, 11) is 1.80. The number of hydrogen-bond donors (Lipinski definition) is 2. The van der Waals surface area contributed by atoms with Crippen LogP contribution in [0.4, 0.5) is 14.9 Å². The van der Waals surface area contributed by atoms with Gasteiger partial charge >= 0.3 is 6.03 Å². The van der Waals surface area contributed by atoms with Crippen molar-refractivity contribution in [2.24, 2.45) is 13.0 Å². The normalized spacial score (nSPS) is 16.3. The first kappa shape index (κ1) is 25.8. The number of aromatic nitrogens is 4. The van der Waals surface area contributed by atoms with Crippen molar-refractivity contribution in [3.63, 3.8) is 0 Å². The molecule has 4 rings (SSSR count). The summed E-state index contributed by atoms with van der Waals surface area (Å²) < 4.78 is 14.8. The van der Waals surface area contributed by atoms with Crippen LogP contribution in [0.5, 0.6) is 0 Å². The highest BCUT2D eigenvalue weighted by Gasteiger charge is 2.20. The number of carbonyl (C=O) groups is 1. The molecular formula is C27H36FN7O. The summed E-state index contributed by atoms with van der Waals surface area (Å²) in [4.78, 5) is 15.1. The van der Waals surface area contributed by atoms with E-state index in [1.165, 1.54) is 18.4 Å². The number of anilines is 1. The summed E-state index contributed by atoms with van der Waals surface area (Å²) in [6.07, 6.45) is 4.25. The van der Waals surface area contributed by atoms with E-state index in [1.54, 1.807) is 23.9 Å². The quantitative estimate of drug-likeness (QED) is 0.425. The third-order valence-electron chi connectivity index (χ3n) is 6.74. The number of likely N-dealkylation sites (tertiary alicyclic amines) is 1. The Labute approximate surface area is 212 Å². The lowest BCUT2D eigenvalue weighted by molar-refractivity contribution is 0.172. The van der Waals surface area contributed by atoms with Crippen molar-refractivity contribution in [1.29, 1.82) is 0 Å². The van der Waals surface area contributed by atoms with Crippen LogP contribution in [0.2, 0.25) is 0 Å². The van der Waals surface area contributed by atoms with E-state index in [1.807, 2.05) is 24.3 Å². The maximum Gasteiger partial charge on any atom is 0.319 e.